The molecular weight excluding hydrogens is 392 g/mol. The zero-order chi connectivity index (χ0) is 19.6. The number of aromatic amines is 1. The molecule has 1 aliphatic heterocycles. The Morgan fingerprint density at radius 3 is 2.75 bits per heavy atom. The van der Waals surface area contributed by atoms with Gasteiger partial charge in [-0.3, -0.25) is 0 Å². The van der Waals surface area contributed by atoms with E-state index in [9.17, 15) is 8.42 Å². The molecule has 0 saturated carbocycles. The second-order valence-electron chi connectivity index (χ2n) is 7.35. The third-order valence-electron chi connectivity index (χ3n) is 5.61. The molecule has 0 spiro atoms. The first kappa shape index (κ1) is 19.6. The highest BCUT2D eigenvalue weighted by Crippen LogP contribution is 2.36. The molecule has 1 fully saturated rings. The van der Waals surface area contributed by atoms with Gasteiger partial charge in [-0.1, -0.05) is 6.07 Å². The standard InChI is InChI=1S/C21H26N2O3S2/c1-26-10-2-12-28(24,25)23-8-5-16(6-9-23)20-14-22-21-4-3-17(13-19(20)21)18-7-11-27-15-18/h3-4,7,11,13-16,22H,2,5-6,8-10,12H2,1H3. The largest absolute Gasteiger partial charge is 0.385 e. The predicted molar refractivity (Wildman–Crippen MR) is 115 cm³/mol. The molecule has 1 N–H and O–H groups in total. The van der Waals surface area contributed by atoms with Crippen molar-refractivity contribution in [1.29, 1.82) is 0 Å². The molecule has 1 aromatic carbocycles. The Hall–Kier alpha value is -1.67. The lowest BCUT2D eigenvalue weighted by atomic mass is 9.89. The van der Waals surface area contributed by atoms with E-state index in [0.717, 1.165) is 18.4 Å². The topological polar surface area (TPSA) is 62.4 Å². The normalized spacial score (nSPS) is 16.8. The van der Waals surface area contributed by atoms with Gasteiger partial charge in [0, 0.05) is 43.9 Å². The van der Waals surface area contributed by atoms with Crippen molar-refractivity contribution in [1.82, 2.24) is 9.29 Å². The van der Waals surface area contributed by atoms with Crippen molar-refractivity contribution in [3.63, 3.8) is 0 Å². The van der Waals surface area contributed by atoms with Gasteiger partial charge >= 0.3 is 0 Å². The molecule has 3 aromatic rings. The molecule has 4 rings (SSSR count). The van der Waals surface area contributed by atoms with Gasteiger partial charge in [0.2, 0.25) is 10.0 Å². The number of H-pyrrole nitrogens is 1. The third-order valence-corrected chi connectivity index (χ3v) is 8.25. The average molecular weight is 419 g/mol. The molecule has 1 saturated heterocycles. The number of piperidine rings is 1. The minimum atomic E-state index is -3.18. The van der Waals surface area contributed by atoms with Gasteiger partial charge < -0.3 is 9.72 Å². The number of benzene rings is 1. The number of rotatable bonds is 7. The Morgan fingerprint density at radius 1 is 1.21 bits per heavy atom. The maximum Gasteiger partial charge on any atom is 0.214 e. The number of aromatic nitrogens is 1. The predicted octanol–water partition coefficient (Wildman–Crippen LogP) is 4.44. The van der Waals surface area contributed by atoms with Crippen molar-refractivity contribution >= 4 is 32.3 Å². The minimum absolute atomic E-state index is 0.169. The molecule has 5 nitrogen and oxygen atoms in total. The molecule has 0 unspecified atom stereocenters. The van der Waals surface area contributed by atoms with Crippen molar-refractivity contribution in [2.24, 2.45) is 0 Å². The SMILES string of the molecule is COCCCS(=O)(=O)N1CCC(c2c[nH]c3ccc(-c4ccsc4)cc23)CC1. The molecule has 7 heteroatoms. The van der Waals surface area contributed by atoms with Crippen LogP contribution in [0, 0.1) is 0 Å². The molecule has 3 heterocycles. The Bertz CT molecular complexity index is 1020. The number of thiophene rings is 1. The first-order valence-corrected chi connectivity index (χ1v) is 12.2. The number of ether oxygens (including phenoxy) is 1. The monoisotopic (exact) mass is 418 g/mol. The van der Waals surface area contributed by atoms with E-state index in [4.69, 9.17) is 4.74 Å². The van der Waals surface area contributed by atoms with Crippen LogP contribution in [-0.2, 0) is 14.8 Å². The second-order valence-corrected chi connectivity index (χ2v) is 10.2. The minimum Gasteiger partial charge on any atom is -0.385 e. The van der Waals surface area contributed by atoms with Crippen LogP contribution in [-0.4, -0.2) is 50.3 Å². The first-order chi connectivity index (χ1) is 13.6. The molecule has 0 amide bonds. The van der Waals surface area contributed by atoms with Crippen LogP contribution in [0.15, 0.2) is 41.2 Å². The maximum atomic E-state index is 12.5. The zero-order valence-corrected chi connectivity index (χ0v) is 17.7. The third kappa shape index (κ3) is 4.03. The quantitative estimate of drug-likeness (QED) is 0.577. The molecule has 0 aliphatic carbocycles. The smallest absolute Gasteiger partial charge is 0.214 e. The van der Waals surface area contributed by atoms with E-state index in [2.05, 4.69) is 46.2 Å². The second kappa shape index (κ2) is 8.37. The van der Waals surface area contributed by atoms with Crippen LogP contribution in [0.2, 0.25) is 0 Å². The summed E-state index contributed by atoms with van der Waals surface area (Å²) in [7, 11) is -1.58. The number of nitrogens with zero attached hydrogens (tertiary/aromatic N) is 1. The van der Waals surface area contributed by atoms with E-state index >= 15 is 0 Å². The molecule has 2 aromatic heterocycles. The van der Waals surface area contributed by atoms with E-state index in [1.54, 1.807) is 22.8 Å². The van der Waals surface area contributed by atoms with Crippen LogP contribution in [0.1, 0.15) is 30.7 Å². The van der Waals surface area contributed by atoms with E-state index in [1.807, 2.05) is 0 Å². The Labute approximate surface area is 170 Å². The number of methoxy groups -OCH3 is 1. The summed E-state index contributed by atoms with van der Waals surface area (Å²) in [6, 6.07) is 8.70. The van der Waals surface area contributed by atoms with Gasteiger partial charge in [0.1, 0.15) is 0 Å². The summed E-state index contributed by atoms with van der Waals surface area (Å²) in [4.78, 5) is 3.39. The van der Waals surface area contributed by atoms with Gasteiger partial charge in [-0.05, 0) is 70.8 Å². The average Bonchev–Trinajstić information content (AvgIpc) is 3.38. The van der Waals surface area contributed by atoms with Crippen LogP contribution < -0.4 is 0 Å². The van der Waals surface area contributed by atoms with Crippen LogP contribution >= 0.6 is 11.3 Å². The van der Waals surface area contributed by atoms with Crippen molar-refractivity contribution < 1.29 is 13.2 Å². The van der Waals surface area contributed by atoms with Gasteiger partial charge in [0.25, 0.3) is 0 Å². The van der Waals surface area contributed by atoms with Gasteiger partial charge in [-0.15, -0.1) is 0 Å². The fraction of sp³-hybridized carbons (Fsp3) is 0.429. The highest BCUT2D eigenvalue weighted by molar-refractivity contribution is 7.89. The lowest BCUT2D eigenvalue weighted by Gasteiger charge is -2.31. The molecule has 0 radical (unpaired) electrons. The Morgan fingerprint density at radius 2 is 2.04 bits per heavy atom. The van der Waals surface area contributed by atoms with Crippen molar-refractivity contribution in [2.45, 2.75) is 25.2 Å². The molecule has 1 aliphatic rings. The molecule has 0 bridgehead atoms. The van der Waals surface area contributed by atoms with E-state index in [1.165, 1.54) is 22.1 Å². The van der Waals surface area contributed by atoms with Gasteiger partial charge in [-0.2, -0.15) is 11.3 Å². The number of hydrogen-bond donors (Lipinski definition) is 1. The Kier molecular flexibility index (Phi) is 5.87. The molecule has 0 atom stereocenters. The number of sulfonamides is 1. The van der Waals surface area contributed by atoms with E-state index < -0.39 is 10.0 Å². The molecule has 28 heavy (non-hydrogen) atoms. The number of fused-ring (bicyclic) bond motifs is 1. The van der Waals surface area contributed by atoms with Crippen molar-refractivity contribution in [3.8, 4) is 11.1 Å². The summed E-state index contributed by atoms with van der Waals surface area (Å²) in [5.74, 6) is 0.555. The Balaban J connectivity index is 1.49. The summed E-state index contributed by atoms with van der Waals surface area (Å²) in [5.41, 5.74) is 4.93. The molecular formula is C21H26N2O3S2. The van der Waals surface area contributed by atoms with E-state index in [-0.39, 0.29) is 5.75 Å². The summed E-state index contributed by atoms with van der Waals surface area (Å²) < 4.78 is 31.7. The van der Waals surface area contributed by atoms with Crippen molar-refractivity contribution in [2.75, 3.05) is 32.6 Å². The van der Waals surface area contributed by atoms with Crippen LogP contribution in [0.4, 0.5) is 0 Å². The number of nitrogens with one attached hydrogen (secondary N) is 1. The van der Waals surface area contributed by atoms with Gasteiger partial charge in [0.05, 0.1) is 5.75 Å². The lowest BCUT2D eigenvalue weighted by Crippen LogP contribution is -2.39. The first-order valence-electron chi connectivity index (χ1n) is 9.69. The van der Waals surface area contributed by atoms with Gasteiger partial charge in [0.15, 0.2) is 0 Å². The number of hydrogen-bond acceptors (Lipinski definition) is 4. The van der Waals surface area contributed by atoms with Crippen LogP contribution in [0.25, 0.3) is 22.0 Å². The highest BCUT2D eigenvalue weighted by Gasteiger charge is 2.29. The summed E-state index contributed by atoms with van der Waals surface area (Å²) in [5, 5.41) is 5.52. The lowest BCUT2D eigenvalue weighted by molar-refractivity contribution is 0.199. The molecule has 150 valence electrons. The fourth-order valence-corrected chi connectivity index (χ4v) is 6.22. The highest BCUT2D eigenvalue weighted by atomic mass is 32.2. The summed E-state index contributed by atoms with van der Waals surface area (Å²) in [6.07, 6.45) is 4.38. The van der Waals surface area contributed by atoms with Crippen molar-refractivity contribution in [3.05, 3.63) is 46.8 Å². The van der Waals surface area contributed by atoms with Crippen LogP contribution in [0.5, 0.6) is 0 Å². The van der Waals surface area contributed by atoms with Crippen LogP contribution in [0.3, 0.4) is 0 Å². The van der Waals surface area contributed by atoms with E-state index in [0.29, 0.717) is 32.0 Å². The fourth-order valence-electron chi connectivity index (χ4n) is 4.05. The zero-order valence-electron chi connectivity index (χ0n) is 16.1. The summed E-state index contributed by atoms with van der Waals surface area (Å²) in [6.45, 7) is 1.67. The van der Waals surface area contributed by atoms with Gasteiger partial charge in [-0.25, -0.2) is 12.7 Å². The maximum absolute atomic E-state index is 12.5. The summed E-state index contributed by atoms with van der Waals surface area (Å²) >= 11 is 1.71.